The minimum absolute atomic E-state index is 0.159. The number of nitrogens with one attached hydrogen (secondary N) is 2. The Bertz CT molecular complexity index is 863. The maximum absolute atomic E-state index is 13.0. The van der Waals surface area contributed by atoms with E-state index < -0.39 is 17.6 Å². The third-order valence-electron chi connectivity index (χ3n) is 5.12. The number of carbonyl (C=O) groups is 2. The lowest BCUT2D eigenvalue weighted by atomic mass is 9.77. The van der Waals surface area contributed by atoms with Gasteiger partial charge in [0.15, 0.2) is 0 Å². The minimum Gasteiger partial charge on any atom is -0.480 e. The van der Waals surface area contributed by atoms with Crippen LogP contribution in [0.1, 0.15) is 30.0 Å². The molecular weight excluding hydrogens is 376 g/mol. The van der Waals surface area contributed by atoms with Gasteiger partial charge >= 0.3 is 5.97 Å². The molecule has 3 N–H and O–H groups in total. The number of amides is 1. The molecule has 30 heavy (non-hydrogen) atoms. The predicted molar refractivity (Wildman–Crippen MR) is 117 cm³/mol. The fourth-order valence-electron chi connectivity index (χ4n) is 3.54. The molecule has 0 heterocycles. The van der Waals surface area contributed by atoms with Crippen LogP contribution in [0.5, 0.6) is 0 Å². The molecule has 0 saturated heterocycles. The van der Waals surface area contributed by atoms with Crippen molar-refractivity contribution >= 4 is 11.9 Å². The molecule has 3 rings (SSSR count). The maximum Gasteiger partial charge on any atom is 0.320 e. The van der Waals surface area contributed by atoms with Crippen molar-refractivity contribution in [2.45, 2.75) is 24.9 Å². The summed E-state index contributed by atoms with van der Waals surface area (Å²) >= 11 is 0. The van der Waals surface area contributed by atoms with Gasteiger partial charge < -0.3 is 15.7 Å². The molecule has 154 valence electrons. The summed E-state index contributed by atoms with van der Waals surface area (Å²) in [6, 6.07) is 28.9. The molecule has 0 aliphatic rings. The normalized spacial score (nSPS) is 12.2. The smallest absolute Gasteiger partial charge is 0.320 e. The maximum atomic E-state index is 13.0. The summed E-state index contributed by atoms with van der Waals surface area (Å²) in [7, 11) is 0. The first-order valence-electron chi connectivity index (χ1n) is 9.98. The van der Waals surface area contributed by atoms with Crippen LogP contribution in [0.15, 0.2) is 91.0 Å². The Kier molecular flexibility index (Phi) is 6.99. The second-order valence-electron chi connectivity index (χ2n) is 7.16. The molecule has 3 aromatic carbocycles. The molecule has 5 nitrogen and oxygen atoms in total. The van der Waals surface area contributed by atoms with Gasteiger partial charge in [-0.05, 0) is 23.6 Å². The zero-order valence-corrected chi connectivity index (χ0v) is 16.9. The van der Waals surface area contributed by atoms with Crippen LogP contribution in [-0.2, 0) is 15.1 Å². The number of carboxylic acid groups (broad SMARTS) is 1. The van der Waals surface area contributed by atoms with Crippen LogP contribution in [0.4, 0.5) is 0 Å². The van der Waals surface area contributed by atoms with Crippen LogP contribution in [0.25, 0.3) is 0 Å². The van der Waals surface area contributed by atoms with Gasteiger partial charge in [0.05, 0.1) is 0 Å². The van der Waals surface area contributed by atoms with Gasteiger partial charge in [-0.1, -0.05) is 91.0 Å². The van der Waals surface area contributed by atoms with E-state index in [1.165, 1.54) is 0 Å². The molecule has 1 amide bonds. The molecule has 3 aromatic rings. The van der Waals surface area contributed by atoms with Crippen molar-refractivity contribution < 1.29 is 14.7 Å². The van der Waals surface area contributed by atoms with Crippen molar-refractivity contribution in [2.75, 3.05) is 6.54 Å². The van der Waals surface area contributed by atoms with Crippen molar-refractivity contribution in [1.82, 2.24) is 10.6 Å². The van der Waals surface area contributed by atoms with Gasteiger partial charge in [-0.2, -0.15) is 0 Å². The first kappa shape index (κ1) is 21.3. The van der Waals surface area contributed by atoms with Crippen LogP contribution < -0.4 is 10.6 Å². The van der Waals surface area contributed by atoms with Gasteiger partial charge in [-0.25, -0.2) is 0 Å². The summed E-state index contributed by atoms with van der Waals surface area (Å²) in [6.45, 7) is 1.83. The summed E-state index contributed by atoms with van der Waals surface area (Å²) < 4.78 is 0. The summed E-state index contributed by atoms with van der Waals surface area (Å²) in [4.78, 5) is 24.0. The lowest BCUT2D eigenvalue weighted by Gasteiger charge is -2.37. The topological polar surface area (TPSA) is 78.4 Å². The van der Waals surface area contributed by atoms with Crippen LogP contribution in [-0.4, -0.2) is 29.6 Å². The predicted octanol–water partition coefficient (Wildman–Crippen LogP) is 3.55. The SMILES string of the molecule is C[C@@H](NCCC(=O)NC(c1ccccc1)(c1ccccc1)c1ccccc1)C(=O)O. The van der Waals surface area contributed by atoms with Crippen molar-refractivity contribution in [2.24, 2.45) is 0 Å². The molecule has 1 atom stereocenters. The highest BCUT2D eigenvalue weighted by Crippen LogP contribution is 2.36. The highest BCUT2D eigenvalue weighted by Gasteiger charge is 2.37. The number of rotatable bonds is 9. The molecule has 0 radical (unpaired) electrons. The number of hydrogen-bond donors (Lipinski definition) is 3. The third kappa shape index (κ3) is 4.75. The molecule has 0 bridgehead atoms. The lowest BCUT2D eigenvalue weighted by molar-refractivity contribution is -0.139. The molecule has 0 saturated carbocycles. The standard InChI is InChI=1S/C25H26N2O3/c1-19(24(29)30)26-18-17-23(28)27-25(20-11-5-2-6-12-20,21-13-7-3-8-14-21)22-15-9-4-10-16-22/h2-16,19,26H,17-18H2,1H3,(H,27,28)(H,29,30)/t19-/m1/s1. The van der Waals surface area contributed by atoms with Crippen LogP contribution in [0.3, 0.4) is 0 Å². The van der Waals surface area contributed by atoms with Crippen LogP contribution in [0, 0.1) is 0 Å². The van der Waals surface area contributed by atoms with E-state index in [0.717, 1.165) is 16.7 Å². The van der Waals surface area contributed by atoms with Gasteiger partial charge in [0.2, 0.25) is 5.91 Å². The van der Waals surface area contributed by atoms with E-state index in [4.69, 9.17) is 5.11 Å². The monoisotopic (exact) mass is 402 g/mol. The van der Waals surface area contributed by atoms with E-state index in [1.807, 2.05) is 91.0 Å². The van der Waals surface area contributed by atoms with E-state index in [0.29, 0.717) is 0 Å². The summed E-state index contributed by atoms with van der Waals surface area (Å²) in [5.74, 6) is -1.11. The summed E-state index contributed by atoms with van der Waals surface area (Å²) in [6.07, 6.45) is 0.159. The number of carbonyl (C=O) groups excluding carboxylic acids is 1. The second-order valence-corrected chi connectivity index (χ2v) is 7.16. The van der Waals surface area contributed by atoms with Crippen molar-refractivity contribution in [3.05, 3.63) is 108 Å². The van der Waals surface area contributed by atoms with Gasteiger partial charge in [-0.3, -0.25) is 9.59 Å². The van der Waals surface area contributed by atoms with Gasteiger partial charge in [0, 0.05) is 13.0 Å². The zero-order valence-electron chi connectivity index (χ0n) is 16.9. The molecule has 0 unspecified atom stereocenters. The van der Waals surface area contributed by atoms with Gasteiger partial charge in [0.1, 0.15) is 11.6 Å². The van der Waals surface area contributed by atoms with Crippen molar-refractivity contribution in [3.63, 3.8) is 0 Å². The molecule has 0 fully saturated rings. The quantitative estimate of drug-likeness (QED) is 0.479. The fraction of sp³-hybridized carbons (Fsp3) is 0.200. The third-order valence-corrected chi connectivity index (χ3v) is 5.12. The first-order valence-corrected chi connectivity index (χ1v) is 9.98. The highest BCUT2D eigenvalue weighted by molar-refractivity contribution is 5.79. The number of benzene rings is 3. The molecule has 0 spiro atoms. The largest absolute Gasteiger partial charge is 0.480 e. The van der Waals surface area contributed by atoms with E-state index in [-0.39, 0.29) is 18.9 Å². The Labute approximate surface area is 176 Å². The zero-order chi connectivity index (χ0) is 21.4. The Morgan fingerprint density at radius 1 is 0.800 bits per heavy atom. The fourth-order valence-corrected chi connectivity index (χ4v) is 3.54. The molecule has 0 aliphatic carbocycles. The lowest BCUT2D eigenvalue weighted by Crippen LogP contribution is -2.48. The number of carboxylic acids is 1. The van der Waals surface area contributed by atoms with E-state index in [9.17, 15) is 9.59 Å². The highest BCUT2D eigenvalue weighted by atomic mass is 16.4. The minimum atomic E-state index is -0.942. The Hall–Kier alpha value is -3.44. The molecule has 5 heteroatoms. The first-order chi connectivity index (χ1) is 14.5. The number of aliphatic carboxylic acids is 1. The van der Waals surface area contributed by atoms with E-state index in [2.05, 4.69) is 10.6 Å². The van der Waals surface area contributed by atoms with Gasteiger partial charge in [-0.15, -0.1) is 0 Å². The van der Waals surface area contributed by atoms with Crippen molar-refractivity contribution in [1.29, 1.82) is 0 Å². The molecular formula is C25H26N2O3. The van der Waals surface area contributed by atoms with E-state index in [1.54, 1.807) is 6.92 Å². The second kappa shape index (κ2) is 9.85. The Balaban J connectivity index is 1.99. The Morgan fingerprint density at radius 3 is 1.57 bits per heavy atom. The van der Waals surface area contributed by atoms with Crippen molar-refractivity contribution in [3.8, 4) is 0 Å². The molecule has 0 aliphatic heterocycles. The van der Waals surface area contributed by atoms with Crippen LogP contribution >= 0.6 is 0 Å². The van der Waals surface area contributed by atoms with Crippen LogP contribution in [0.2, 0.25) is 0 Å². The molecule has 0 aromatic heterocycles. The van der Waals surface area contributed by atoms with E-state index >= 15 is 0 Å². The average molecular weight is 402 g/mol. The van der Waals surface area contributed by atoms with Gasteiger partial charge in [0.25, 0.3) is 0 Å². The number of hydrogen-bond acceptors (Lipinski definition) is 3. The summed E-state index contributed by atoms with van der Waals surface area (Å²) in [5.41, 5.74) is 1.98. The Morgan fingerprint density at radius 2 is 1.20 bits per heavy atom. The average Bonchev–Trinajstić information content (AvgIpc) is 2.79. The summed E-state index contributed by atoms with van der Waals surface area (Å²) in [5, 5.41) is 15.1.